The zero-order chi connectivity index (χ0) is 24.8. The zero-order valence-electron chi connectivity index (χ0n) is 19.4. The third kappa shape index (κ3) is 6.02. The summed E-state index contributed by atoms with van der Waals surface area (Å²) in [5.41, 5.74) is 1.89. The van der Waals surface area contributed by atoms with Gasteiger partial charge >= 0.3 is 6.09 Å². The Kier molecular flexibility index (Phi) is 8.06. The van der Waals surface area contributed by atoms with Crippen molar-refractivity contribution in [1.29, 1.82) is 0 Å². The number of hydrogen-bond donors (Lipinski definition) is 2. The van der Waals surface area contributed by atoms with Gasteiger partial charge in [-0.05, 0) is 50.3 Å². The zero-order valence-corrected chi connectivity index (χ0v) is 20.3. The van der Waals surface area contributed by atoms with Crippen LogP contribution in [0.2, 0.25) is 0 Å². The molecule has 0 bridgehead atoms. The molecule has 1 aliphatic rings. The molecule has 1 fully saturated rings. The van der Waals surface area contributed by atoms with Gasteiger partial charge in [-0.3, -0.25) is 4.90 Å². The Balaban J connectivity index is 1.33. The van der Waals surface area contributed by atoms with Gasteiger partial charge in [-0.1, -0.05) is 12.1 Å². The topological polar surface area (TPSA) is 103 Å². The lowest BCUT2D eigenvalue weighted by Crippen LogP contribution is -2.44. The van der Waals surface area contributed by atoms with Gasteiger partial charge in [0.25, 0.3) is 0 Å². The van der Waals surface area contributed by atoms with Crippen LogP contribution in [0.1, 0.15) is 13.8 Å². The molecule has 35 heavy (non-hydrogen) atoms. The molecule has 10 nitrogen and oxygen atoms in total. The van der Waals surface area contributed by atoms with E-state index in [2.05, 4.69) is 20.8 Å². The number of cyclic esters (lactones) is 1. The van der Waals surface area contributed by atoms with E-state index in [1.54, 1.807) is 18.2 Å². The third-order valence-electron chi connectivity index (χ3n) is 5.24. The van der Waals surface area contributed by atoms with E-state index in [9.17, 15) is 9.18 Å². The minimum atomic E-state index is -0.557. The number of anilines is 1. The lowest BCUT2D eigenvalue weighted by Gasteiger charge is -2.19. The first-order valence-corrected chi connectivity index (χ1v) is 11.7. The fourth-order valence-electron chi connectivity index (χ4n) is 3.61. The van der Waals surface area contributed by atoms with Crippen molar-refractivity contribution in [3.63, 3.8) is 0 Å². The summed E-state index contributed by atoms with van der Waals surface area (Å²) in [6.45, 7) is 5.76. The second-order valence-electron chi connectivity index (χ2n) is 7.66. The number of halogens is 1. The molecular weight excluding hydrogens is 475 g/mol. The van der Waals surface area contributed by atoms with E-state index in [4.69, 9.17) is 26.4 Å². The van der Waals surface area contributed by atoms with Crippen molar-refractivity contribution in [2.24, 2.45) is 0 Å². The van der Waals surface area contributed by atoms with Gasteiger partial charge in [-0.25, -0.2) is 9.18 Å². The Morgan fingerprint density at radius 1 is 1.17 bits per heavy atom. The summed E-state index contributed by atoms with van der Waals surface area (Å²) in [5, 5.41) is 15.0. The normalized spacial score (nSPS) is 15.6. The van der Waals surface area contributed by atoms with Crippen LogP contribution in [0, 0.1) is 5.82 Å². The Morgan fingerprint density at radius 2 is 1.86 bits per heavy atom. The Bertz CT molecular complexity index is 1150. The van der Waals surface area contributed by atoms with Crippen LogP contribution >= 0.6 is 12.2 Å². The molecule has 0 aliphatic carbocycles. The fraction of sp³-hybridized carbons (Fsp3) is 0.391. The highest BCUT2D eigenvalue weighted by atomic mass is 32.1. The van der Waals surface area contributed by atoms with Gasteiger partial charge in [-0.15, -0.1) is 15.0 Å². The summed E-state index contributed by atoms with van der Waals surface area (Å²) in [6, 6.07) is 11.7. The molecule has 1 amide bonds. The van der Waals surface area contributed by atoms with Crippen molar-refractivity contribution in [2.45, 2.75) is 26.2 Å². The largest absolute Gasteiger partial charge is 0.442 e. The molecule has 1 aromatic heterocycles. The van der Waals surface area contributed by atoms with Crippen LogP contribution in [0.5, 0.6) is 0 Å². The van der Waals surface area contributed by atoms with Crippen LogP contribution in [0.25, 0.3) is 16.7 Å². The van der Waals surface area contributed by atoms with E-state index >= 15 is 0 Å². The van der Waals surface area contributed by atoms with Gasteiger partial charge < -0.3 is 24.8 Å². The molecule has 0 radical (unpaired) electrons. The van der Waals surface area contributed by atoms with Gasteiger partial charge in [0.15, 0.2) is 17.2 Å². The highest BCUT2D eigenvalue weighted by Gasteiger charge is 2.33. The number of thiocarbonyl (C=S) groups is 1. The standard InChI is InChI=1S/C23H27FN6O4S/c1-3-32-21(33-4-2)13-26-22(35)25-12-16-14-29(23(31)34-16)15-9-10-20(17(24)11-15)30-27-18-7-5-6-8-19(18)28-30/h5-11,16,21H,3-4,12-14H2,1-2H3,(H2,25,26,35)/t16-/m0/s1. The van der Waals surface area contributed by atoms with E-state index in [1.807, 2.05) is 26.0 Å². The predicted molar refractivity (Wildman–Crippen MR) is 132 cm³/mol. The molecule has 4 rings (SSSR count). The highest BCUT2D eigenvalue weighted by Crippen LogP contribution is 2.25. The van der Waals surface area contributed by atoms with Crippen LogP contribution in [0.3, 0.4) is 0 Å². The Labute approximate surface area is 207 Å². The number of benzene rings is 2. The SMILES string of the molecule is CCOC(CNC(=S)NC[C@H]1CN(c2ccc(-n3nc4ccccc4n3)c(F)c2)C(=O)O1)OCC. The maximum Gasteiger partial charge on any atom is 0.414 e. The molecule has 2 aromatic carbocycles. The van der Waals surface area contributed by atoms with Crippen molar-refractivity contribution in [3.05, 3.63) is 48.3 Å². The van der Waals surface area contributed by atoms with Crippen LogP contribution in [-0.4, -0.2) is 71.4 Å². The molecule has 1 aliphatic heterocycles. The fourth-order valence-corrected chi connectivity index (χ4v) is 3.78. The number of carbonyl (C=O) groups excluding carboxylic acids is 1. The molecule has 0 unspecified atom stereocenters. The quantitative estimate of drug-likeness (QED) is 0.320. The average molecular weight is 503 g/mol. The van der Waals surface area contributed by atoms with Crippen molar-refractivity contribution in [3.8, 4) is 5.69 Å². The Hall–Kier alpha value is -3.35. The van der Waals surface area contributed by atoms with Gasteiger partial charge in [0, 0.05) is 19.3 Å². The predicted octanol–water partition coefficient (Wildman–Crippen LogP) is 2.75. The molecule has 12 heteroatoms. The number of nitrogens with zero attached hydrogens (tertiary/aromatic N) is 4. The van der Waals surface area contributed by atoms with Gasteiger partial charge in [0.05, 0.1) is 25.3 Å². The monoisotopic (exact) mass is 502 g/mol. The van der Waals surface area contributed by atoms with E-state index in [1.165, 1.54) is 21.8 Å². The van der Waals surface area contributed by atoms with Crippen LogP contribution in [0.15, 0.2) is 42.5 Å². The minimum Gasteiger partial charge on any atom is -0.442 e. The van der Waals surface area contributed by atoms with Crippen molar-refractivity contribution < 1.29 is 23.4 Å². The summed E-state index contributed by atoms with van der Waals surface area (Å²) >= 11 is 5.28. The molecule has 2 N–H and O–H groups in total. The van der Waals surface area contributed by atoms with Crippen LogP contribution in [0.4, 0.5) is 14.9 Å². The second-order valence-corrected chi connectivity index (χ2v) is 8.07. The third-order valence-corrected chi connectivity index (χ3v) is 5.53. The molecule has 3 aromatic rings. The van der Waals surface area contributed by atoms with Crippen molar-refractivity contribution in [1.82, 2.24) is 25.6 Å². The first-order chi connectivity index (χ1) is 17.0. The second kappa shape index (κ2) is 11.4. The van der Waals surface area contributed by atoms with Gasteiger partial charge in [0.1, 0.15) is 22.8 Å². The van der Waals surface area contributed by atoms with E-state index in [-0.39, 0.29) is 12.2 Å². The van der Waals surface area contributed by atoms with Gasteiger partial charge in [0.2, 0.25) is 0 Å². The van der Waals surface area contributed by atoms with Gasteiger partial charge in [-0.2, -0.15) is 0 Å². The molecule has 186 valence electrons. The van der Waals surface area contributed by atoms with Crippen LogP contribution in [-0.2, 0) is 14.2 Å². The van der Waals surface area contributed by atoms with Crippen LogP contribution < -0.4 is 15.5 Å². The number of ether oxygens (including phenoxy) is 3. The number of aromatic nitrogens is 3. The molecule has 1 saturated heterocycles. The lowest BCUT2D eigenvalue weighted by atomic mass is 10.2. The first-order valence-electron chi connectivity index (χ1n) is 11.3. The van der Waals surface area contributed by atoms with Crippen molar-refractivity contribution >= 4 is 40.1 Å². The number of carbonyl (C=O) groups is 1. The maximum absolute atomic E-state index is 14.9. The number of amides is 1. The molecular formula is C23H27FN6O4S. The number of nitrogens with one attached hydrogen (secondary N) is 2. The average Bonchev–Trinajstić information content (AvgIpc) is 3.44. The van der Waals surface area contributed by atoms with Crippen molar-refractivity contribution in [2.75, 3.05) is 37.7 Å². The maximum atomic E-state index is 14.9. The number of fused-ring (bicyclic) bond motifs is 1. The molecule has 2 heterocycles. The summed E-state index contributed by atoms with van der Waals surface area (Å²) in [7, 11) is 0. The number of hydrogen-bond acceptors (Lipinski definition) is 7. The Morgan fingerprint density at radius 3 is 2.49 bits per heavy atom. The summed E-state index contributed by atoms with van der Waals surface area (Å²) in [6.07, 6.45) is -1.42. The molecule has 1 atom stereocenters. The highest BCUT2D eigenvalue weighted by molar-refractivity contribution is 7.80. The minimum absolute atomic E-state index is 0.185. The smallest absolute Gasteiger partial charge is 0.414 e. The lowest BCUT2D eigenvalue weighted by molar-refractivity contribution is -0.131. The molecule has 0 spiro atoms. The summed E-state index contributed by atoms with van der Waals surface area (Å²) in [4.78, 5) is 15.0. The van der Waals surface area contributed by atoms with E-state index in [0.717, 1.165) is 0 Å². The van der Waals surface area contributed by atoms with E-state index in [0.29, 0.717) is 48.1 Å². The summed E-state index contributed by atoms with van der Waals surface area (Å²) < 4.78 is 31.3. The summed E-state index contributed by atoms with van der Waals surface area (Å²) in [5.74, 6) is -0.555. The first kappa shape index (κ1) is 24.8. The molecule has 0 saturated carbocycles. The number of rotatable bonds is 10. The van der Waals surface area contributed by atoms with E-state index < -0.39 is 24.3 Å².